The van der Waals surface area contributed by atoms with E-state index >= 15 is 0 Å². The van der Waals surface area contributed by atoms with E-state index in [1.165, 1.54) is 5.56 Å². The zero-order valence-electron chi connectivity index (χ0n) is 20.5. The quantitative estimate of drug-likeness (QED) is 0.526. The van der Waals surface area contributed by atoms with E-state index in [4.69, 9.17) is 4.74 Å². The first-order chi connectivity index (χ1) is 15.8. The highest BCUT2D eigenvalue weighted by Gasteiger charge is 2.32. The van der Waals surface area contributed by atoms with Gasteiger partial charge in [-0.3, -0.25) is 9.69 Å². The van der Waals surface area contributed by atoms with Crippen molar-refractivity contribution in [3.8, 4) is 0 Å². The Morgan fingerprint density at radius 2 is 2.12 bits per heavy atom. The van der Waals surface area contributed by atoms with Crippen molar-refractivity contribution in [2.45, 2.75) is 84.5 Å². The maximum atomic E-state index is 13.0. The number of benzene rings is 1. The van der Waals surface area contributed by atoms with Crippen LogP contribution in [0.4, 0.5) is 0 Å². The van der Waals surface area contributed by atoms with Crippen molar-refractivity contribution in [2.24, 2.45) is 0 Å². The molecule has 0 amide bonds. The standard InChI is InChI=1S/C25H36N6O2/c1-6-22(23-27-28-29-31(23)25(4,5)7-2)30(16-20-9-8-12-33-20)15-19-14-18-13-17(3)10-11-21(18)26-24(19)32/h10-11,13-14,20,22H,6-9,12,15-16H2,1-5H3,(H,26,32)/t20-,22-/m1/s1. The number of H-pyrrole nitrogens is 1. The van der Waals surface area contributed by atoms with Gasteiger partial charge in [0.05, 0.1) is 17.7 Å². The second kappa shape index (κ2) is 9.73. The maximum Gasteiger partial charge on any atom is 0.252 e. The number of aryl methyl sites for hydroxylation is 1. The number of nitrogens with zero attached hydrogens (tertiary/aromatic N) is 5. The second-order valence-electron chi connectivity index (χ2n) is 9.82. The van der Waals surface area contributed by atoms with E-state index in [1.807, 2.05) is 22.9 Å². The van der Waals surface area contributed by atoms with Crippen LogP contribution in [0.3, 0.4) is 0 Å². The first-order valence-corrected chi connectivity index (χ1v) is 12.1. The summed E-state index contributed by atoms with van der Waals surface area (Å²) >= 11 is 0. The van der Waals surface area contributed by atoms with E-state index in [-0.39, 0.29) is 23.2 Å². The third-order valence-electron chi connectivity index (χ3n) is 6.97. The highest BCUT2D eigenvalue weighted by Crippen LogP contribution is 2.30. The van der Waals surface area contributed by atoms with Crippen LogP contribution in [0.15, 0.2) is 29.1 Å². The molecule has 0 unspecified atom stereocenters. The molecule has 1 fully saturated rings. The molecule has 1 aliphatic rings. The first kappa shape index (κ1) is 23.6. The van der Waals surface area contributed by atoms with Gasteiger partial charge in [0.2, 0.25) is 0 Å². The van der Waals surface area contributed by atoms with Gasteiger partial charge in [0.15, 0.2) is 5.82 Å². The van der Waals surface area contributed by atoms with Crippen LogP contribution >= 0.6 is 0 Å². The Bertz CT molecular complexity index is 1150. The SMILES string of the molecule is CC[C@H](c1nnnn1C(C)(C)CC)N(Cc1cc2cc(C)ccc2[nH]c1=O)C[C@H]1CCCO1. The third kappa shape index (κ3) is 5.01. The molecule has 1 N–H and O–H groups in total. The Kier molecular flexibility index (Phi) is 6.95. The van der Waals surface area contributed by atoms with Gasteiger partial charge in [-0.2, -0.15) is 0 Å². The van der Waals surface area contributed by atoms with Crippen molar-refractivity contribution < 1.29 is 4.74 Å². The molecule has 8 nitrogen and oxygen atoms in total. The Balaban J connectivity index is 1.72. The van der Waals surface area contributed by atoms with E-state index in [1.54, 1.807) is 0 Å². The number of ether oxygens (including phenoxy) is 1. The molecule has 1 aromatic carbocycles. The molecule has 33 heavy (non-hydrogen) atoms. The van der Waals surface area contributed by atoms with Gasteiger partial charge in [0, 0.05) is 30.8 Å². The Morgan fingerprint density at radius 3 is 2.82 bits per heavy atom. The zero-order chi connectivity index (χ0) is 23.6. The molecular formula is C25H36N6O2. The highest BCUT2D eigenvalue weighted by atomic mass is 16.5. The van der Waals surface area contributed by atoms with Gasteiger partial charge in [-0.25, -0.2) is 4.68 Å². The number of aromatic amines is 1. The van der Waals surface area contributed by atoms with Crippen molar-refractivity contribution in [1.82, 2.24) is 30.1 Å². The summed E-state index contributed by atoms with van der Waals surface area (Å²) in [5.41, 5.74) is 2.54. The van der Waals surface area contributed by atoms with Crippen molar-refractivity contribution in [3.05, 3.63) is 51.6 Å². The molecule has 0 spiro atoms. The maximum absolute atomic E-state index is 13.0. The average molecular weight is 453 g/mol. The lowest BCUT2D eigenvalue weighted by atomic mass is 10.0. The molecular weight excluding hydrogens is 416 g/mol. The fourth-order valence-electron chi connectivity index (χ4n) is 4.65. The topological polar surface area (TPSA) is 88.9 Å². The molecule has 0 aliphatic carbocycles. The Labute approximate surface area is 195 Å². The second-order valence-corrected chi connectivity index (χ2v) is 9.82. The Hall–Kier alpha value is -2.58. The van der Waals surface area contributed by atoms with Crippen molar-refractivity contribution in [2.75, 3.05) is 13.2 Å². The average Bonchev–Trinajstić information content (AvgIpc) is 3.48. The zero-order valence-corrected chi connectivity index (χ0v) is 20.5. The van der Waals surface area contributed by atoms with Crippen LogP contribution in [-0.4, -0.2) is 49.3 Å². The lowest BCUT2D eigenvalue weighted by molar-refractivity contribution is 0.0475. The summed E-state index contributed by atoms with van der Waals surface area (Å²) in [5.74, 6) is 0.843. The lowest BCUT2D eigenvalue weighted by Gasteiger charge is -2.34. The molecule has 8 heteroatoms. The van der Waals surface area contributed by atoms with Gasteiger partial charge >= 0.3 is 0 Å². The molecule has 178 valence electrons. The highest BCUT2D eigenvalue weighted by molar-refractivity contribution is 5.79. The molecule has 4 rings (SSSR count). The predicted octanol–water partition coefficient (Wildman–Crippen LogP) is 4.10. The van der Waals surface area contributed by atoms with Crippen molar-refractivity contribution in [3.63, 3.8) is 0 Å². The summed E-state index contributed by atoms with van der Waals surface area (Å²) in [6, 6.07) is 8.10. The van der Waals surface area contributed by atoms with Crippen LogP contribution in [0.25, 0.3) is 10.9 Å². The fourth-order valence-corrected chi connectivity index (χ4v) is 4.65. The number of tetrazole rings is 1. The summed E-state index contributed by atoms with van der Waals surface area (Å²) < 4.78 is 7.94. The molecule has 1 aliphatic heterocycles. The predicted molar refractivity (Wildman–Crippen MR) is 129 cm³/mol. The van der Waals surface area contributed by atoms with Crippen LogP contribution in [0.5, 0.6) is 0 Å². The molecule has 1 saturated heterocycles. The third-order valence-corrected chi connectivity index (χ3v) is 6.97. The van der Waals surface area contributed by atoms with Crippen LogP contribution in [0.2, 0.25) is 0 Å². The molecule has 0 saturated carbocycles. The minimum atomic E-state index is -0.195. The monoisotopic (exact) mass is 452 g/mol. The fraction of sp³-hybridized carbons (Fsp3) is 0.600. The van der Waals surface area contributed by atoms with E-state index in [0.29, 0.717) is 6.54 Å². The van der Waals surface area contributed by atoms with Crippen molar-refractivity contribution in [1.29, 1.82) is 0 Å². The van der Waals surface area contributed by atoms with Gasteiger partial charge in [-0.05, 0) is 80.5 Å². The van der Waals surface area contributed by atoms with Gasteiger partial charge in [0.1, 0.15) is 0 Å². The summed E-state index contributed by atoms with van der Waals surface area (Å²) in [5, 5.41) is 13.9. The van der Waals surface area contributed by atoms with Crippen molar-refractivity contribution >= 4 is 10.9 Å². The van der Waals surface area contributed by atoms with Crippen LogP contribution in [0.1, 0.15) is 76.4 Å². The summed E-state index contributed by atoms with van der Waals surface area (Å²) in [6.45, 7) is 12.7. The van der Waals surface area contributed by atoms with E-state index in [2.05, 4.69) is 66.1 Å². The summed E-state index contributed by atoms with van der Waals surface area (Å²) in [7, 11) is 0. The molecule has 0 radical (unpaired) electrons. The lowest BCUT2D eigenvalue weighted by Crippen LogP contribution is -2.39. The van der Waals surface area contributed by atoms with Crippen LogP contribution in [0, 0.1) is 6.92 Å². The number of aromatic nitrogens is 5. The van der Waals surface area contributed by atoms with Crippen LogP contribution < -0.4 is 5.56 Å². The first-order valence-electron chi connectivity index (χ1n) is 12.1. The molecule has 2 aromatic heterocycles. The van der Waals surface area contributed by atoms with Gasteiger partial charge in [-0.1, -0.05) is 25.5 Å². The molecule has 3 aromatic rings. The van der Waals surface area contributed by atoms with E-state index in [0.717, 1.165) is 61.1 Å². The summed E-state index contributed by atoms with van der Waals surface area (Å²) in [6.07, 6.45) is 4.01. The minimum Gasteiger partial charge on any atom is -0.377 e. The van der Waals surface area contributed by atoms with Crippen LogP contribution in [-0.2, 0) is 16.8 Å². The normalized spacial score (nSPS) is 17.8. The molecule has 2 atom stereocenters. The molecule has 3 heterocycles. The van der Waals surface area contributed by atoms with E-state index in [9.17, 15) is 4.79 Å². The number of nitrogens with one attached hydrogen (secondary N) is 1. The Morgan fingerprint density at radius 1 is 1.30 bits per heavy atom. The smallest absolute Gasteiger partial charge is 0.252 e. The van der Waals surface area contributed by atoms with Gasteiger partial charge in [-0.15, -0.1) is 5.10 Å². The largest absolute Gasteiger partial charge is 0.377 e. The number of fused-ring (bicyclic) bond motifs is 1. The number of rotatable bonds is 9. The number of hydrogen-bond acceptors (Lipinski definition) is 6. The number of hydrogen-bond donors (Lipinski definition) is 1. The molecule has 0 bridgehead atoms. The van der Waals surface area contributed by atoms with E-state index < -0.39 is 0 Å². The summed E-state index contributed by atoms with van der Waals surface area (Å²) in [4.78, 5) is 18.4. The van der Waals surface area contributed by atoms with Gasteiger partial charge in [0.25, 0.3) is 5.56 Å². The van der Waals surface area contributed by atoms with Gasteiger partial charge < -0.3 is 9.72 Å². The minimum absolute atomic E-state index is 0.0253. The number of pyridine rings is 1.